The van der Waals surface area contributed by atoms with Crippen LogP contribution < -0.4 is 10.2 Å². The van der Waals surface area contributed by atoms with Crippen LogP contribution >= 0.6 is 0 Å². The zero-order valence-corrected chi connectivity index (χ0v) is 14.2. The van der Waals surface area contributed by atoms with Crippen LogP contribution in [-0.2, 0) is 0 Å². The van der Waals surface area contributed by atoms with Crippen molar-refractivity contribution in [1.82, 2.24) is 15.2 Å². The van der Waals surface area contributed by atoms with E-state index in [1.54, 1.807) is 13.3 Å². The maximum atomic E-state index is 5.15. The molecule has 0 unspecified atom stereocenters. The Morgan fingerprint density at radius 2 is 1.84 bits per heavy atom. The number of hydrogen-bond acceptors (Lipinski definition) is 6. The van der Waals surface area contributed by atoms with Gasteiger partial charge in [-0.15, -0.1) is 5.10 Å². The molecule has 0 atom stereocenters. The maximum absolute atomic E-state index is 5.15. The van der Waals surface area contributed by atoms with Crippen LogP contribution in [-0.4, -0.2) is 28.0 Å². The average Bonchev–Trinajstić information content (AvgIpc) is 2.70. The topological polar surface area (TPSA) is 72.3 Å². The van der Waals surface area contributed by atoms with E-state index in [1.165, 1.54) is 0 Å². The van der Waals surface area contributed by atoms with E-state index in [9.17, 15) is 0 Å². The van der Waals surface area contributed by atoms with Gasteiger partial charge in [-0.05, 0) is 30.7 Å². The molecule has 6 heteroatoms. The molecule has 0 saturated heterocycles. The summed E-state index contributed by atoms with van der Waals surface area (Å²) >= 11 is 0. The first-order valence-corrected chi connectivity index (χ1v) is 8.02. The zero-order valence-electron chi connectivity index (χ0n) is 14.2. The van der Waals surface area contributed by atoms with Gasteiger partial charge in [0.2, 0.25) is 0 Å². The van der Waals surface area contributed by atoms with E-state index in [2.05, 4.69) is 25.7 Å². The number of benzene rings is 2. The first-order valence-electron chi connectivity index (χ1n) is 8.02. The van der Waals surface area contributed by atoms with Crippen LogP contribution in [0.1, 0.15) is 19.0 Å². The van der Waals surface area contributed by atoms with Crippen molar-refractivity contribution in [3.05, 3.63) is 66.5 Å². The van der Waals surface area contributed by atoms with Crippen LogP contribution in [0.25, 0.3) is 11.4 Å². The van der Waals surface area contributed by atoms with Crippen LogP contribution in [0.5, 0.6) is 5.75 Å². The lowest BCUT2D eigenvalue weighted by Crippen LogP contribution is -2.08. The molecule has 0 fully saturated rings. The quantitative estimate of drug-likeness (QED) is 0.549. The second-order valence-electron chi connectivity index (χ2n) is 5.28. The third-order valence-electron chi connectivity index (χ3n) is 3.63. The van der Waals surface area contributed by atoms with Gasteiger partial charge in [-0.2, -0.15) is 10.2 Å². The van der Waals surface area contributed by atoms with Crippen molar-refractivity contribution in [2.75, 3.05) is 12.5 Å². The van der Waals surface area contributed by atoms with Crippen molar-refractivity contribution in [3.8, 4) is 17.1 Å². The van der Waals surface area contributed by atoms with E-state index in [0.29, 0.717) is 11.5 Å². The standard InChI is InChI=1S/C19H19N5O/c1-3-17(23-22-15-9-11-16(25-2)12-10-15)18-13-20-24-19(21-18)14-7-5-4-6-8-14/h4-13,22H,3H2,1-2H3/b23-17-. The molecule has 0 aliphatic rings. The monoisotopic (exact) mass is 333 g/mol. The number of methoxy groups -OCH3 is 1. The fourth-order valence-electron chi connectivity index (χ4n) is 2.27. The number of aromatic nitrogens is 3. The third-order valence-corrected chi connectivity index (χ3v) is 3.63. The van der Waals surface area contributed by atoms with Gasteiger partial charge < -0.3 is 4.74 Å². The molecule has 2 aromatic carbocycles. The van der Waals surface area contributed by atoms with Crippen molar-refractivity contribution in [3.63, 3.8) is 0 Å². The van der Waals surface area contributed by atoms with Crippen molar-refractivity contribution < 1.29 is 4.74 Å². The third kappa shape index (κ3) is 4.17. The van der Waals surface area contributed by atoms with E-state index < -0.39 is 0 Å². The number of hydrazone groups is 1. The fourth-order valence-corrected chi connectivity index (χ4v) is 2.27. The normalized spacial score (nSPS) is 11.2. The lowest BCUT2D eigenvalue weighted by atomic mass is 10.2. The summed E-state index contributed by atoms with van der Waals surface area (Å²) in [5.74, 6) is 1.39. The van der Waals surface area contributed by atoms with E-state index in [4.69, 9.17) is 4.74 Å². The Hall–Kier alpha value is -3.28. The lowest BCUT2D eigenvalue weighted by Gasteiger charge is -2.07. The Balaban J connectivity index is 1.82. The molecular weight excluding hydrogens is 314 g/mol. The second kappa shape index (κ2) is 8.01. The highest BCUT2D eigenvalue weighted by atomic mass is 16.5. The van der Waals surface area contributed by atoms with Crippen molar-refractivity contribution in [1.29, 1.82) is 0 Å². The van der Waals surface area contributed by atoms with Gasteiger partial charge >= 0.3 is 0 Å². The molecule has 0 amide bonds. The SMILES string of the molecule is CC/C(=N/Nc1ccc(OC)cc1)c1cnnc(-c2ccccc2)n1. The van der Waals surface area contributed by atoms with Gasteiger partial charge in [0.25, 0.3) is 0 Å². The molecule has 3 rings (SSSR count). The Morgan fingerprint density at radius 3 is 2.52 bits per heavy atom. The Bertz CT molecular complexity index is 847. The summed E-state index contributed by atoms with van der Waals surface area (Å²) in [7, 11) is 1.64. The molecule has 0 bridgehead atoms. The minimum Gasteiger partial charge on any atom is -0.497 e. The molecule has 0 radical (unpaired) electrons. The number of nitrogens with one attached hydrogen (secondary N) is 1. The minimum atomic E-state index is 0.587. The van der Waals surface area contributed by atoms with Crippen LogP contribution in [0.2, 0.25) is 0 Å². The Labute approximate surface area is 146 Å². The molecule has 1 heterocycles. The first-order chi connectivity index (χ1) is 12.3. The van der Waals surface area contributed by atoms with Gasteiger partial charge in [0.15, 0.2) is 5.82 Å². The maximum Gasteiger partial charge on any atom is 0.182 e. The molecular formula is C19H19N5O. The number of rotatable bonds is 6. The average molecular weight is 333 g/mol. The highest BCUT2D eigenvalue weighted by Gasteiger charge is 2.08. The second-order valence-corrected chi connectivity index (χ2v) is 5.28. The van der Waals surface area contributed by atoms with E-state index >= 15 is 0 Å². The van der Waals surface area contributed by atoms with Crippen molar-refractivity contribution in [2.45, 2.75) is 13.3 Å². The van der Waals surface area contributed by atoms with Crippen molar-refractivity contribution >= 4 is 11.4 Å². The first kappa shape index (κ1) is 16.6. The molecule has 3 aromatic rings. The summed E-state index contributed by atoms with van der Waals surface area (Å²) in [6.07, 6.45) is 2.35. The van der Waals surface area contributed by atoms with Crippen molar-refractivity contribution in [2.24, 2.45) is 5.10 Å². The molecule has 126 valence electrons. The molecule has 1 aromatic heterocycles. The summed E-state index contributed by atoms with van der Waals surface area (Å²) in [5, 5.41) is 12.7. The summed E-state index contributed by atoms with van der Waals surface area (Å²) in [6.45, 7) is 2.03. The van der Waals surface area contributed by atoms with Crippen LogP contribution in [0.4, 0.5) is 5.69 Å². The molecule has 0 saturated carbocycles. The number of anilines is 1. The lowest BCUT2D eigenvalue weighted by molar-refractivity contribution is 0.415. The van der Waals surface area contributed by atoms with E-state index in [-0.39, 0.29) is 0 Å². The van der Waals surface area contributed by atoms with Gasteiger partial charge in [0.05, 0.1) is 24.7 Å². The van der Waals surface area contributed by atoms with Crippen LogP contribution in [0.3, 0.4) is 0 Å². The van der Waals surface area contributed by atoms with Crippen LogP contribution in [0.15, 0.2) is 65.9 Å². The molecule has 6 nitrogen and oxygen atoms in total. The molecule has 25 heavy (non-hydrogen) atoms. The van der Waals surface area contributed by atoms with Gasteiger partial charge in [-0.25, -0.2) is 4.98 Å². The number of hydrogen-bond donors (Lipinski definition) is 1. The summed E-state index contributed by atoms with van der Waals surface area (Å²) in [5.41, 5.74) is 6.36. The Kier molecular flexibility index (Phi) is 5.31. The predicted molar refractivity (Wildman–Crippen MR) is 98.7 cm³/mol. The zero-order chi connectivity index (χ0) is 17.5. The number of ether oxygens (including phenoxy) is 1. The van der Waals surface area contributed by atoms with E-state index in [0.717, 1.165) is 29.1 Å². The molecule has 1 N–H and O–H groups in total. The minimum absolute atomic E-state index is 0.587. The largest absolute Gasteiger partial charge is 0.497 e. The summed E-state index contributed by atoms with van der Waals surface area (Å²) in [6, 6.07) is 17.3. The van der Waals surface area contributed by atoms with Gasteiger partial charge in [0.1, 0.15) is 11.4 Å². The molecule has 0 aliphatic carbocycles. The fraction of sp³-hybridized carbons (Fsp3) is 0.158. The Morgan fingerprint density at radius 1 is 1.08 bits per heavy atom. The van der Waals surface area contributed by atoms with E-state index in [1.807, 2.05) is 61.5 Å². The highest BCUT2D eigenvalue weighted by molar-refractivity contribution is 5.99. The summed E-state index contributed by atoms with van der Waals surface area (Å²) < 4.78 is 5.15. The summed E-state index contributed by atoms with van der Waals surface area (Å²) in [4.78, 5) is 4.59. The van der Waals surface area contributed by atoms with Gasteiger partial charge in [-0.1, -0.05) is 37.3 Å². The molecule has 0 spiro atoms. The van der Waals surface area contributed by atoms with Crippen LogP contribution in [0, 0.1) is 0 Å². The number of nitrogens with zero attached hydrogens (tertiary/aromatic N) is 4. The van der Waals surface area contributed by atoms with Gasteiger partial charge in [-0.3, -0.25) is 5.43 Å². The molecule has 0 aliphatic heterocycles. The highest BCUT2D eigenvalue weighted by Crippen LogP contribution is 2.16. The predicted octanol–water partition coefficient (Wildman–Crippen LogP) is 3.77. The smallest absolute Gasteiger partial charge is 0.182 e. The van der Waals surface area contributed by atoms with Gasteiger partial charge in [0, 0.05) is 5.56 Å².